The van der Waals surface area contributed by atoms with Crippen LogP contribution < -0.4 is 0 Å². The zero-order valence-corrected chi connectivity index (χ0v) is 11.3. The van der Waals surface area contributed by atoms with E-state index >= 15 is 0 Å². The van der Waals surface area contributed by atoms with E-state index in [-0.39, 0.29) is 0 Å². The van der Waals surface area contributed by atoms with Crippen molar-refractivity contribution in [2.24, 2.45) is 4.99 Å². The monoisotopic (exact) mass is 248 g/mol. The molecule has 0 saturated carbocycles. The lowest BCUT2D eigenvalue weighted by atomic mass is 9.98. The molecule has 0 aromatic heterocycles. The first-order valence-electron chi connectivity index (χ1n) is 4.78. The van der Waals surface area contributed by atoms with Gasteiger partial charge in [-0.3, -0.25) is 0 Å². The van der Waals surface area contributed by atoms with Crippen molar-refractivity contribution in [3.8, 4) is 5.40 Å². The van der Waals surface area contributed by atoms with Gasteiger partial charge in [-0.2, -0.15) is 10.3 Å². The van der Waals surface area contributed by atoms with Crippen molar-refractivity contribution in [1.29, 1.82) is 5.26 Å². The maximum Gasteiger partial charge on any atom is 0.138 e. The van der Waals surface area contributed by atoms with Crippen molar-refractivity contribution >= 4 is 34.8 Å². The number of hydrogen-bond acceptors (Lipinski definition) is 4. The van der Waals surface area contributed by atoms with Crippen molar-refractivity contribution in [3.05, 3.63) is 22.3 Å². The average Bonchev–Trinajstić information content (AvgIpc) is 2.28. The molecule has 0 aliphatic carbocycles. The van der Waals surface area contributed by atoms with Crippen molar-refractivity contribution in [3.63, 3.8) is 0 Å². The molecule has 0 bridgehead atoms. The third kappa shape index (κ3) is 2.17. The summed E-state index contributed by atoms with van der Waals surface area (Å²) in [4.78, 5) is 5.07. The second-order valence-corrected chi connectivity index (χ2v) is 4.55. The van der Waals surface area contributed by atoms with Gasteiger partial charge in [0.25, 0.3) is 0 Å². The van der Waals surface area contributed by atoms with Crippen LogP contribution in [0.4, 0.5) is 5.69 Å². The summed E-state index contributed by atoms with van der Waals surface area (Å²) in [5, 5.41) is 13.3. The first kappa shape index (κ1) is 12.9. The molecule has 0 saturated heterocycles. The summed E-state index contributed by atoms with van der Waals surface area (Å²) < 4.78 is 0. The molecular weight excluding hydrogens is 236 g/mol. The number of thiocarbonyl (C=S) groups is 1. The summed E-state index contributed by atoms with van der Waals surface area (Å²) in [6, 6.07) is 0. The quantitative estimate of drug-likeness (QED) is 0.340. The average molecular weight is 248 g/mol. The van der Waals surface area contributed by atoms with Crippen LogP contribution in [0.15, 0.2) is 9.89 Å². The lowest BCUT2D eigenvalue weighted by molar-refractivity contribution is 1.13. The van der Waals surface area contributed by atoms with Gasteiger partial charge in [-0.05, 0) is 73.9 Å². The van der Waals surface area contributed by atoms with Crippen LogP contribution in [0.5, 0.6) is 0 Å². The largest absolute Gasteiger partial charge is 0.194 e. The van der Waals surface area contributed by atoms with Gasteiger partial charge in [0, 0.05) is 4.90 Å². The van der Waals surface area contributed by atoms with Crippen LogP contribution in [0.2, 0.25) is 0 Å². The second-order valence-electron chi connectivity index (χ2n) is 3.57. The van der Waals surface area contributed by atoms with Gasteiger partial charge < -0.3 is 0 Å². The molecule has 2 nitrogen and oxygen atoms in total. The molecule has 0 spiro atoms. The smallest absolute Gasteiger partial charge is 0.138 e. The second kappa shape index (κ2) is 5.27. The highest BCUT2D eigenvalue weighted by Crippen LogP contribution is 2.37. The van der Waals surface area contributed by atoms with Gasteiger partial charge in [-0.15, -0.1) is 0 Å². The van der Waals surface area contributed by atoms with Crippen LogP contribution in [0.3, 0.4) is 0 Å². The minimum Gasteiger partial charge on any atom is -0.194 e. The molecule has 0 aliphatic heterocycles. The van der Waals surface area contributed by atoms with Crippen LogP contribution in [0.1, 0.15) is 22.3 Å². The topological polar surface area (TPSA) is 36.1 Å². The molecule has 1 aromatic carbocycles. The molecule has 0 N–H and O–H groups in total. The molecule has 1 aromatic rings. The first-order chi connectivity index (χ1) is 7.54. The number of rotatable bonds is 2. The molecule has 0 amide bonds. The van der Waals surface area contributed by atoms with E-state index in [1.54, 1.807) is 0 Å². The standard InChI is InChI=1S/C12H12N2S2/c1-7-8(2)11(14-6-15)10(4)12(9(7)3)16-5-13/h1-4H3. The third-order valence-corrected chi connectivity index (χ3v) is 3.82. The van der Waals surface area contributed by atoms with Crippen molar-refractivity contribution in [1.82, 2.24) is 0 Å². The van der Waals surface area contributed by atoms with Gasteiger partial charge in [-0.25, -0.2) is 0 Å². The Labute approximate surface area is 105 Å². The Morgan fingerprint density at radius 1 is 1.06 bits per heavy atom. The Morgan fingerprint density at radius 2 is 1.69 bits per heavy atom. The van der Waals surface area contributed by atoms with Gasteiger partial charge in [-0.1, -0.05) is 0 Å². The zero-order chi connectivity index (χ0) is 12.3. The zero-order valence-electron chi connectivity index (χ0n) is 9.71. The molecule has 0 unspecified atom stereocenters. The maximum atomic E-state index is 8.80. The fourth-order valence-corrected chi connectivity index (χ4v) is 2.45. The molecule has 0 heterocycles. The van der Waals surface area contributed by atoms with Crippen LogP contribution >= 0.6 is 24.0 Å². The molecule has 0 radical (unpaired) electrons. The van der Waals surface area contributed by atoms with E-state index in [9.17, 15) is 0 Å². The normalized spacial score (nSPS) is 9.44. The predicted octanol–water partition coefficient (Wildman–Crippen LogP) is 4.23. The van der Waals surface area contributed by atoms with E-state index in [2.05, 4.69) is 27.8 Å². The molecule has 0 atom stereocenters. The first-order valence-corrected chi connectivity index (χ1v) is 6.01. The number of thioether (sulfide) groups is 1. The lowest BCUT2D eigenvalue weighted by Gasteiger charge is -2.15. The van der Waals surface area contributed by atoms with Gasteiger partial charge in [0.05, 0.1) is 10.8 Å². The number of hydrogen-bond donors (Lipinski definition) is 0. The van der Waals surface area contributed by atoms with E-state index in [0.717, 1.165) is 32.8 Å². The van der Waals surface area contributed by atoms with Crippen molar-refractivity contribution in [2.75, 3.05) is 0 Å². The van der Waals surface area contributed by atoms with Crippen molar-refractivity contribution in [2.45, 2.75) is 32.6 Å². The summed E-state index contributed by atoms with van der Waals surface area (Å²) in [7, 11) is 0. The van der Waals surface area contributed by atoms with Gasteiger partial charge in [0.15, 0.2) is 0 Å². The highest BCUT2D eigenvalue weighted by atomic mass is 32.2. The summed E-state index contributed by atoms with van der Waals surface area (Å²) in [6.45, 7) is 8.04. The summed E-state index contributed by atoms with van der Waals surface area (Å²) >= 11 is 5.82. The Balaban J connectivity index is 3.66. The van der Waals surface area contributed by atoms with Crippen LogP contribution in [-0.2, 0) is 0 Å². The summed E-state index contributed by atoms with van der Waals surface area (Å²) in [5.41, 5.74) is 5.26. The fraction of sp³-hybridized carbons (Fsp3) is 0.333. The number of aliphatic imine (C=N–C) groups is 1. The number of nitrogens with zero attached hydrogens (tertiary/aromatic N) is 2. The summed E-state index contributed by atoms with van der Waals surface area (Å²) in [5.74, 6) is 0. The minimum absolute atomic E-state index is 0.843. The Hall–Kier alpha value is -1.14. The van der Waals surface area contributed by atoms with E-state index in [1.807, 2.05) is 27.7 Å². The summed E-state index contributed by atoms with van der Waals surface area (Å²) in [6.07, 6.45) is 0. The SMILES string of the molecule is Cc1c(C)c(N=C=S)c(C)c(SC#N)c1C. The van der Waals surface area contributed by atoms with E-state index in [0.29, 0.717) is 0 Å². The van der Waals surface area contributed by atoms with E-state index in [4.69, 9.17) is 5.26 Å². The number of thiocyanates is 1. The van der Waals surface area contributed by atoms with Crippen LogP contribution in [-0.4, -0.2) is 5.16 Å². The molecule has 1 rings (SSSR count). The highest BCUT2D eigenvalue weighted by molar-refractivity contribution is 8.03. The Morgan fingerprint density at radius 3 is 2.19 bits per heavy atom. The molecule has 0 fully saturated rings. The van der Waals surface area contributed by atoms with Gasteiger partial charge in [0.2, 0.25) is 0 Å². The minimum atomic E-state index is 0.843. The molecule has 16 heavy (non-hydrogen) atoms. The van der Waals surface area contributed by atoms with Gasteiger partial charge in [0.1, 0.15) is 5.40 Å². The molecule has 0 aliphatic rings. The predicted molar refractivity (Wildman–Crippen MR) is 71.5 cm³/mol. The van der Waals surface area contributed by atoms with E-state index < -0.39 is 0 Å². The third-order valence-electron chi connectivity index (χ3n) is 2.82. The molecule has 4 heteroatoms. The number of nitriles is 1. The Bertz CT molecular complexity index is 521. The van der Waals surface area contributed by atoms with Crippen molar-refractivity contribution < 1.29 is 0 Å². The molecule has 82 valence electrons. The van der Waals surface area contributed by atoms with E-state index in [1.165, 1.54) is 11.8 Å². The van der Waals surface area contributed by atoms with Crippen LogP contribution in [0.25, 0.3) is 0 Å². The van der Waals surface area contributed by atoms with Crippen LogP contribution in [0, 0.1) is 38.4 Å². The number of isothiocyanates is 1. The number of benzene rings is 1. The van der Waals surface area contributed by atoms with Gasteiger partial charge >= 0.3 is 0 Å². The maximum absolute atomic E-state index is 8.80. The Kier molecular flexibility index (Phi) is 4.26. The molecular formula is C12H12N2S2. The fourth-order valence-electron chi connectivity index (χ4n) is 1.71. The highest BCUT2D eigenvalue weighted by Gasteiger charge is 2.14. The lowest BCUT2D eigenvalue weighted by Crippen LogP contribution is -1.94.